The third-order valence-electron chi connectivity index (χ3n) is 3.47. The average Bonchev–Trinajstić information content (AvgIpc) is 2.41. The van der Waals surface area contributed by atoms with Gasteiger partial charge in [-0.1, -0.05) is 74.5 Å². The number of hydrogen-bond donors (Lipinski definition) is 1. The smallest absolute Gasteiger partial charge is 0.0243 e. The Balaban J connectivity index is 2.42. The lowest BCUT2D eigenvalue weighted by Crippen LogP contribution is -2.34. The highest BCUT2D eigenvalue weighted by atomic mass is 14.7. The quantitative estimate of drug-likeness (QED) is 0.862. The van der Waals surface area contributed by atoms with Gasteiger partial charge in [-0.3, -0.25) is 0 Å². The molecule has 0 radical (unpaired) electrons. The lowest BCUT2D eigenvalue weighted by Gasteiger charge is -2.27. The van der Waals surface area contributed by atoms with Gasteiger partial charge in [-0.2, -0.15) is 0 Å². The van der Waals surface area contributed by atoms with Gasteiger partial charge in [-0.15, -0.1) is 0 Å². The monoisotopic (exact) mass is 239 g/mol. The predicted octanol–water partition coefficient (Wildman–Crippen LogP) is 3.80. The lowest BCUT2D eigenvalue weighted by molar-refractivity contribution is 0.450. The minimum absolute atomic E-state index is 0.134. The Kier molecular flexibility index (Phi) is 4.16. The molecule has 0 aliphatic rings. The largest absolute Gasteiger partial charge is 0.327 e. The number of rotatable bonds is 4. The van der Waals surface area contributed by atoms with E-state index in [9.17, 15) is 0 Å². The van der Waals surface area contributed by atoms with Gasteiger partial charge < -0.3 is 5.73 Å². The van der Waals surface area contributed by atoms with E-state index >= 15 is 0 Å². The van der Waals surface area contributed by atoms with Gasteiger partial charge in [0.25, 0.3) is 0 Å². The first-order valence-corrected chi connectivity index (χ1v) is 6.55. The molecule has 2 aromatic rings. The van der Waals surface area contributed by atoms with E-state index in [0.29, 0.717) is 5.92 Å². The second kappa shape index (κ2) is 5.83. The van der Waals surface area contributed by atoms with Crippen LogP contribution in [-0.4, -0.2) is 6.04 Å². The van der Waals surface area contributed by atoms with E-state index in [0.717, 1.165) is 0 Å². The van der Waals surface area contributed by atoms with Crippen molar-refractivity contribution in [3.05, 3.63) is 71.8 Å². The molecule has 0 heterocycles. The van der Waals surface area contributed by atoms with Crippen LogP contribution in [0.3, 0.4) is 0 Å². The van der Waals surface area contributed by atoms with Crippen molar-refractivity contribution in [3.8, 4) is 0 Å². The molecule has 1 heteroatoms. The van der Waals surface area contributed by atoms with Crippen LogP contribution in [0.2, 0.25) is 0 Å². The summed E-state index contributed by atoms with van der Waals surface area (Å²) in [6.45, 7) is 4.37. The van der Waals surface area contributed by atoms with Crippen LogP contribution >= 0.6 is 0 Å². The molecule has 0 saturated carbocycles. The van der Waals surface area contributed by atoms with Crippen LogP contribution in [0.5, 0.6) is 0 Å². The normalized spacial score (nSPS) is 12.9. The zero-order valence-corrected chi connectivity index (χ0v) is 11.1. The third kappa shape index (κ3) is 2.80. The van der Waals surface area contributed by atoms with Crippen LogP contribution in [0.15, 0.2) is 60.7 Å². The van der Waals surface area contributed by atoms with Crippen molar-refractivity contribution < 1.29 is 0 Å². The van der Waals surface area contributed by atoms with Gasteiger partial charge in [-0.05, 0) is 17.0 Å². The maximum atomic E-state index is 6.42. The van der Waals surface area contributed by atoms with Gasteiger partial charge >= 0.3 is 0 Å². The van der Waals surface area contributed by atoms with Crippen molar-refractivity contribution >= 4 is 0 Å². The fourth-order valence-corrected chi connectivity index (χ4v) is 2.34. The van der Waals surface area contributed by atoms with E-state index in [1.807, 2.05) is 12.1 Å². The summed E-state index contributed by atoms with van der Waals surface area (Å²) in [5, 5.41) is 0. The molecule has 1 nitrogen and oxygen atoms in total. The van der Waals surface area contributed by atoms with Crippen molar-refractivity contribution in [2.24, 2.45) is 11.7 Å². The molecule has 2 aromatic carbocycles. The first-order valence-electron chi connectivity index (χ1n) is 6.55. The SMILES string of the molecule is CC(C)[C@@H](N)C(c1ccccc1)c1ccccc1. The molecule has 0 unspecified atom stereocenters. The summed E-state index contributed by atoms with van der Waals surface area (Å²) in [7, 11) is 0. The maximum Gasteiger partial charge on any atom is 0.0243 e. The summed E-state index contributed by atoms with van der Waals surface area (Å²) < 4.78 is 0. The Hall–Kier alpha value is -1.60. The molecular weight excluding hydrogens is 218 g/mol. The van der Waals surface area contributed by atoms with Gasteiger partial charge in [0.1, 0.15) is 0 Å². The maximum absolute atomic E-state index is 6.42. The standard InChI is InChI=1S/C17H21N/c1-13(2)17(18)16(14-9-5-3-6-10-14)15-11-7-4-8-12-15/h3-13,16-17H,18H2,1-2H3/t17-/m1/s1. The molecule has 0 saturated heterocycles. The van der Waals surface area contributed by atoms with Gasteiger partial charge in [0.05, 0.1) is 0 Å². The highest BCUT2D eigenvalue weighted by Crippen LogP contribution is 2.29. The van der Waals surface area contributed by atoms with Gasteiger partial charge in [0.2, 0.25) is 0 Å². The van der Waals surface area contributed by atoms with Crippen LogP contribution in [0.25, 0.3) is 0 Å². The molecule has 0 aliphatic carbocycles. The molecule has 0 aromatic heterocycles. The van der Waals surface area contributed by atoms with Gasteiger partial charge in [-0.25, -0.2) is 0 Å². The molecular formula is C17H21N. The first-order chi connectivity index (χ1) is 8.70. The van der Waals surface area contributed by atoms with E-state index < -0.39 is 0 Å². The third-order valence-corrected chi connectivity index (χ3v) is 3.47. The molecule has 1 atom stereocenters. The summed E-state index contributed by atoms with van der Waals surface area (Å²) in [6.07, 6.45) is 0. The number of hydrogen-bond acceptors (Lipinski definition) is 1. The van der Waals surface area contributed by atoms with Crippen LogP contribution in [-0.2, 0) is 0 Å². The Morgan fingerprint density at radius 2 is 1.11 bits per heavy atom. The summed E-state index contributed by atoms with van der Waals surface area (Å²) in [5.41, 5.74) is 9.02. The van der Waals surface area contributed by atoms with Gasteiger partial charge in [0.15, 0.2) is 0 Å². The minimum atomic E-state index is 0.134. The molecule has 0 aliphatic heterocycles. The predicted molar refractivity (Wildman–Crippen MR) is 77.5 cm³/mol. The Bertz CT molecular complexity index is 422. The summed E-state index contributed by atoms with van der Waals surface area (Å²) in [6, 6.07) is 21.2. The van der Waals surface area contributed by atoms with Crippen molar-refractivity contribution in [2.75, 3.05) is 0 Å². The van der Waals surface area contributed by atoms with E-state index in [1.165, 1.54) is 11.1 Å². The Morgan fingerprint density at radius 3 is 1.44 bits per heavy atom. The first kappa shape index (κ1) is 12.8. The van der Waals surface area contributed by atoms with Crippen molar-refractivity contribution in [1.82, 2.24) is 0 Å². The Morgan fingerprint density at radius 1 is 0.722 bits per heavy atom. The second-order valence-corrected chi connectivity index (χ2v) is 5.12. The fraction of sp³-hybridized carbons (Fsp3) is 0.294. The molecule has 2 rings (SSSR count). The van der Waals surface area contributed by atoms with E-state index in [2.05, 4.69) is 62.4 Å². The molecule has 0 fully saturated rings. The molecule has 0 spiro atoms. The van der Waals surface area contributed by atoms with Crippen LogP contribution in [0.1, 0.15) is 30.9 Å². The van der Waals surface area contributed by atoms with E-state index in [4.69, 9.17) is 5.73 Å². The molecule has 94 valence electrons. The topological polar surface area (TPSA) is 26.0 Å². The summed E-state index contributed by atoms with van der Waals surface area (Å²) in [4.78, 5) is 0. The van der Waals surface area contributed by atoms with Crippen LogP contribution < -0.4 is 5.73 Å². The lowest BCUT2D eigenvalue weighted by atomic mass is 9.81. The van der Waals surface area contributed by atoms with Crippen molar-refractivity contribution in [2.45, 2.75) is 25.8 Å². The average molecular weight is 239 g/mol. The Labute approximate surface area is 110 Å². The number of benzene rings is 2. The molecule has 0 bridgehead atoms. The van der Waals surface area contributed by atoms with E-state index in [-0.39, 0.29) is 12.0 Å². The second-order valence-electron chi connectivity index (χ2n) is 5.12. The zero-order valence-electron chi connectivity index (χ0n) is 11.1. The highest BCUT2D eigenvalue weighted by Gasteiger charge is 2.23. The van der Waals surface area contributed by atoms with Crippen molar-refractivity contribution in [3.63, 3.8) is 0 Å². The summed E-state index contributed by atoms with van der Waals surface area (Å²) in [5.74, 6) is 0.725. The highest BCUT2D eigenvalue weighted by molar-refractivity contribution is 5.34. The number of nitrogens with two attached hydrogens (primary N) is 1. The molecule has 2 N–H and O–H groups in total. The fourth-order valence-electron chi connectivity index (χ4n) is 2.34. The molecule has 18 heavy (non-hydrogen) atoms. The van der Waals surface area contributed by atoms with Crippen LogP contribution in [0.4, 0.5) is 0 Å². The minimum Gasteiger partial charge on any atom is -0.327 e. The van der Waals surface area contributed by atoms with Crippen molar-refractivity contribution in [1.29, 1.82) is 0 Å². The molecule has 0 amide bonds. The van der Waals surface area contributed by atoms with Gasteiger partial charge in [0, 0.05) is 12.0 Å². The van der Waals surface area contributed by atoms with Crippen LogP contribution in [0, 0.1) is 5.92 Å². The summed E-state index contributed by atoms with van der Waals surface area (Å²) >= 11 is 0. The van der Waals surface area contributed by atoms with E-state index in [1.54, 1.807) is 0 Å². The zero-order chi connectivity index (χ0) is 13.0.